The highest BCUT2D eigenvalue weighted by Gasteiger charge is 2.32. The highest BCUT2D eigenvalue weighted by atomic mass is 16.5. The van der Waals surface area contributed by atoms with E-state index in [-0.39, 0.29) is 29.0 Å². The maximum absolute atomic E-state index is 12.9. The first-order valence-corrected chi connectivity index (χ1v) is 35.8. The van der Waals surface area contributed by atoms with E-state index in [1.54, 1.807) is 123 Å². The first-order valence-electron chi connectivity index (χ1n) is 35.8. The van der Waals surface area contributed by atoms with Gasteiger partial charge in [-0.25, -0.2) is 19.9 Å². The summed E-state index contributed by atoms with van der Waals surface area (Å²) in [6, 6.07) is 61.7. The molecule has 0 aliphatic heterocycles. The molecule has 109 heavy (non-hydrogen) atoms. The van der Waals surface area contributed by atoms with Crippen LogP contribution in [0.2, 0.25) is 0 Å². The summed E-state index contributed by atoms with van der Waals surface area (Å²) in [5, 5.41) is 11.5. The van der Waals surface area contributed by atoms with E-state index in [9.17, 15) is 19.2 Å². The number of carbonyl (C=O) groups excluding carboxylic acids is 4. The van der Waals surface area contributed by atoms with Gasteiger partial charge in [-0.1, -0.05) is 174 Å². The SMILES string of the molecule is C=Cc1ccc(COc2ccc(C(=O)NCc3cccnc3)cn2)cc1.C=Cc1ccc(COc2ncccc2C(=O)NCc2cccnc2)cc1.CCC(c1ccc(COc2ccc(C(=O)NCc3cccnc3)cn2)cc1)C(C)(C)CC(C)c1ccc(COc2ncccc2C(=O)NCc2cccnc2)cc1. The molecule has 0 fully saturated rings. The van der Waals surface area contributed by atoms with Crippen molar-refractivity contribution in [3.05, 3.63) is 371 Å². The van der Waals surface area contributed by atoms with Gasteiger partial charge in [0.05, 0.1) is 11.1 Å². The summed E-state index contributed by atoms with van der Waals surface area (Å²) in [6.45, 7) is 19.7. The maximum atomic E-state index is 12.9. The molecule has 0 aliphatic carbocycles. The Morgan fingerprint density at radius 3 is 1.06 bits per heavy atom. The van der Waals surface area contributed by atoms with E-state index in [1.165, 1.54) is 23.5 Å². The van der Waals surface area contributed by atoms with Gasteiger partial charge in [0.25, 0.3) is 23.6 Å². The van der Waals surface area contributed by atoms with E-state index in [1.807, 2.05) is 97.1 Å². The average Bonchev–Trinajstić information content (AvgIpc) is 0.815. The second-order valence-corrected chi connectivity index (χ2v) is 26.2. The Balaban J connectivity index is 0.000000200. The van der Waals surface area contributed by atoms with Gasteiger partial charge in [0.1, 0.15) is 37.6 Å². The van der Waals surface area contributed by atoms with Crippen LogP contribution in [0.25, 0.3) is 12.2 Å². The van der Waals surface area contributed by atoms with Crippen molar-refractivity contribution in [1.29, 1.82) is 0 Å². The molecule has 552 valence electrons. The molecule has 0 bridgehead atoms. The van der Waals surface area contributed by atoms with E-state index in [4.69, 9.17) is 18.9 Å². The summed E-state index contributed by atoms with van der Waals surface area (Å²) < 4.78 is 23.4. The second-order valence-electron chi connectivity index (χ2n) is 26.2. The molecule has 4 amide bonds. The molecule has 0 saturated heterocycles. The third-order valence-electron chi connectivity index (χ3n) is 17.8. The molecule has 20 nitrogen and oxygen atoms in total. The Morgan fingerprint density at radius 1 is 0.385 bits per heavy atom. The van der Waals surface area contributed by atoms with Crippen molar-refractivity contribution < 1.29 is 38.1 Å². The minimum absolute atomic E-state index is 0.0386. The van der Waals surface area contributed by atoms with Crippen molar-refractivity contribution in [2.75, 3.05) is 0 Å². The van der Waals surface area contributed by atoms with Crippen LogP contribution in [0.4, 0.5) is 0 Å². The van der Waals surface area contributed by atoms with E-state index in [2.05, 4.69) is 151 Å². The van der Waals surface area contributed by atoms with Crippen LogP contribution in [0.5, 0.6) is 23.5 Å². The monoisotopic (exact) mass is 1450 g/mol. The molecule has 2 unspecified atom stereocenters. The van der Waals surface area contributed by atoms with Gasteiger partial charge >= 0.3 is 0 Å². The van der Waals surface area contributed by atoms with Gasteiger partial charge in [0.2, 0.25) is 23.5 Å². The van der Waals surface area contributed by atoms with E-state index in [0.717, 1.165) is 68.5 Å². The summed E-state index contributed by atoms with van der Waals surface area (Å²) in [7, 11) is 0. The summed E-state index contributed by atoms with van der Waals surface area (Å²) in [5.41, 5.74) is 14.3. The number of carbonyl (C=O) groups is 4. The topological polar surface area (TPSA) is 256 Å². The van der Waals surface area contributed by atoms with E-state index >= 15 is 0 Å². The van der Waals surface area contributed by atoms with Crippen LogP contribution >= 0.6 is 0 Å². The van der Waals surface area contributed by atoms with Crippen molar-refractivity contribution >= 4 is 35.8 Å². The summed E-state index contributed by atoms with van der Waals surface area (Å²) in [4.78, 5) is 83.4. The summed E-state index contributed by atoms with van der Waals surface area (Å²) in [6.07, 6.45) is 25.6. The molecule has 8 aromatic heterocycles. The quantitative estimate of drug-likeness (QED) is 0.0306. The second kappa shape index (κ2) is 40.8. The third-order valence-corrected chi connectivity index (χ3v) is 17.8. The molecule has 4 aromatic carbocycles. The van der Waals surface area contributed by atoms with Crippen LogP contribution in [-0.4, -0.2) is 63.5 Å². The molecular weight excluding hydrogens is 1370 g/mol. The normalized spacial score (nSPS) is 11.3. The molecule has 0 saturated carbocycles. The molecule has 4 N–H and O–H groups in total. The standard InChI is InChI=1S/C47H50N6O4.2C21H19N3O2/c1-5-42(39-18-14-34(15-19-39)31-56-43-21-20-40(30-51-43)44(54)52-28-36-9-6-22-48-26-36)47(3,4)25-33(2)38-16-12-35(13-17-38)32-57-46-41(11-8-24-50-46)45(55)53-29-37-10-7-23-49-27-37;1-2-16-7-9-17(10-8-16)15-26-21-19(6-4-12-23-21)20(25)24-14-18-5-3-11-22-13-18;1-2-16-5-7-17(8-6-16)15-26-20-10-9-19(14-23-20)21(25)24-13-18-4-3-11-22-12-18/h6-24,26-27,30,33,42H,5,25,28-29,31-32H2,1-4H3,(H,52,54)(H,53,55);2-13H,1,14-15H2,(H,24,25);2-12,14H,1,13,15H2,(H,24,25). The van der Waals surface area contributed by atoms with Crippen molar-refractivity contribution in [2.45, 2.75) is 105 Å². The predicted octanol–water partition coefficient (Wildman–Crippen LogP) is 16.3. The van der Waals surface area contributed by atoms with Gasteiger partial charge in [-0.3, -0.25) is 39.1 Å². The van der Waals surface area contributed by atoms with Gasteiger partial charge in [-0.05, 0) is 158 Å². The minimum Gasteiger partial charge on any atom is -0.473 e. The van der Waals surface area contributed by atoms with Crippen LogP contribution < -0.4 is 40.2 Å². The Hall–Kier alpha value is -13.4. The number of nitrogens with zero attached hydrogens (tertiary/aromatic N) is 8. The van der Waals surface area contributed by atoms with Gasteiger partial charge in [0.15, 0.2) is 0 Å². The van der Waals surface area contributed by atoms with Gasteiger partial charge in [-0.2, -0.15) is 0 Å². The first-order chi connectivity index (χ1) is 53.2. The summed E-state index contributed by atoms with van der Waals surface area (Å²) in [5.74, 6) is 1.38. The molecule has 20 heteroatoms. The molecule has 0 spiro atoms. The largest absolute Gasteiger partial charge is 0.473 e. The van der Waals surface area contributed by atoms with E-state index < -0.39 is 0 Å². The molecule has 8 heterocycles. The number of hydrogen-bond acceptors (Lipinski definition) is 16. The molecule has 0 aliphatic rings. The number of aromatic nitrogens is 8. The first kappa shape index (κ1) is 78.2. The van der Waals surface area contributed by atoms with Crippen LogP contribution in [0, 0.1) is 5.41 Å². The molecule has 12 rings (SSSR count). The lowest BCUT2D eigenvalue weighted by atomic mass is 9.68. The fraction of sp³-hybridized carbons (Fsp3) is 0.191. The van der Waals surface area contributed by atoms with Crippen molar-refractivity contribution in [1.82, 2.24) is 61.1 Å². The van der Waals surface area contributed by atoms with Crippen molar-refractivity contribution in [2.24, 2.45) is 5.41 Å². The highest BCUT2D eigenvalue weighted by molar-refractivity contribution is 5.97. The smallest absolute Gasteiger partial charge is 0.257 e. The number of nitrogens with one attached hydrogen (secondary N) is 4. The van der Waals surface area contributed by atoms with Gasteiger partial charge in [0, 0.05) is 113 Å². The van der Waals surface area contributed by atoms with Crippen LogP contribution in [0.15, 0.2) is 282 Å². The molecule has 2 atom stereocenters. The van der Waals surface area contributed by atoms with Gasteiger partial charge in [-0.15, -0.1) is 0 Å². The number of hydrogen-bond donors (Lipinski definition) is 4. The van der Waals surface area contributed by atoms with Crippen LogP contribution in [0.3, 0.4) is 0 Å². The summed E-state index contributed by atoms with van der Waals surface area (Å²) >= 11 is 0. The number of rotatable bonds is 32. The zero-order chi connectivity index (χ0) is 76.4. The maximum Gasteiger partial charge on any atom is 0.257 e. The Morgan fingerprint density at radius 2 is 0.725 bits per heavy atom. The number of pyridine rings is 8. The number of benzene rings is 4. The average molecular weight is 1450 g/mol. The zero-order valence-corrected chi connectivity index (χ0v) is 61.5. The van der Waals surface area contributed by atoms with Crippen LogP contribution in [0.1, 0.15) is 161 Å². The van der Waals surface area contributed by atoms with E-state index in [0.29, 0.717) is 110 Å². The van der Waals surface area contributed by atoms with Gasteiger partial charge < -0.3 is 40.2 Å². The Bertz CT molecular complexity index is 4840. The number of amides is 4. The third kappa shape index (κ3) is 24.6. The minimum atomic E-state index is -0.249. The zero-order valence-electron chi connectivity index (χ0n) is 61.5. The fourth-order valence-electron chi connectivity index (χ4n) is 11.9. The predicted molar refractivity (Wildman–Crippen MR) is 422 cm³/mol. The molecular formula is C89H88N12O8. The van der Waals surface area contributed by atoms with Crippen LogP contribution in [-0.2, 0) is 52.6 Å². The van der Waals surface area contributed by atoms with Crippen molar-refractivity contribution in [3.8, 4) is 23.5 Å². The number of ether oxygens (including phenoxy) is 4. The lowest BCUT2D eigenvalue weighted by molar-refractivity contribution is 0.0937. The lowest BCUT2D eigenvalue weighted by Crippen LogP contribution is -2.24. The van der Waals surface area contributed by atoms with Crippen molar-refractivity contribution in [3.63, 3.8) is 0 Å². The highest BCUT2D eigenvalue weighted by Crippen LogP contribution is 2.45. The fourth-order valence-corrected chi connectivity index (χ4v) is 11.9. The molecule has 12 aromatic rings. The Kier molecular flexibility index (Phi) is 29.3. The molecule has 0 radical (unpaired) electrons. The lowest BCUT2D eigenvalue weighted by Gasteiger charge is -2.37. The Labute approximate surface area is 636 Å².